The Kier molecular flexibility index (Phi) is 6.41. The monoisotopic (exact) mass is 196 g/mol. The van der Waals surface area contributed by atoms with Crippen LogP contribution in [0.3, 0.4) is 0 Å². The van der Waals surface area contributed by atoms with Crippen LogP contribution < -0.4 is 0 Å². The zero-order valence-electron chi connectivity index (χ0n) is 8.32. The fourth-order valence-corrected chi connectivity index (χ4v) is 1.12. The third-order valence-corrected chi connectivity index (χ3v) is 1.77. The van der Waals surface area contributed by atoms with E-state index in [9.17, 15) is 4.79 Å². The quantitative estimate of drug-likeness (QED) is 0.682. The number of carbonyl (C=O) groups excluding carboxylic acids is 1. The van der Waals surface area contributed by atoms with Crippen LogP contribution in [0.15, 0.2) is 30.3 Å². The minimum absolute atomic E-state index is 0. The predicted octanol–water partition coefficient (Wildman–Crippen LogP) is 1.36. The van der Waals surface area contributed by atoms with E-state index in [1.165, 1.54) is 5.56 Å². The van der Waals surface area contributed by atoms with Gasteiger partial charge in [-0.2, -0.15) is 0 Å². The fraction of sp³-hybridized carbons (Fsp3) is 0.364. The summed E-state index contributed by atoms with van der Waals surface area (Å²) in [5, 5.41) is 0. The van der Waals surface area contributed by atoms with Gasteiger partial charge in [0.2, 0.25) is 0 Å². The first-order chi connectivity index (χ1) is 6.33. The van der Waals surface area contributed by atoms with Gasteiger partial charge in [0.15, 0.2) is 0 Å². The largest absolute Gasteiger partial charge is 0.466 e. The smallest absolute Gasteiger partial charge is 0.306 e. The van der Waals surface area contributed by atoms with Gasteiger partial charge in [-0.1, -0.05) is 30.3 Å². The summed E-state index contributed by atoms with van der Waals surface area (Å²) in [5.41, 5.74) is 1.18. The second-order valence-corrected chi connectivity index (χ2v) is 2.79. The summed E-state index contributed by atoms with van der Waals surface area (Å²) in [4.78, 5) is 11.0. The maximum Gasteiger partial charge on any atom is 0.306 e. The molecule has 0 aliphatic heterocycles. The lowest BCUT2D eigenvalue weighted by Gasteiger charge is -2.01. The number of carbonyl (C=O) groups is 1. The molecular weight excluding hydrogens is 180 g/mol. The topological polar surface area (TPSA) is 57.8 Å². The number of esters is 1. The Labute approximate surface area is 84.0 Å². The molecule has 1 aromatic rings. The minimum atomic E-state index is -0.119. The molecule has 78 valence electrons. The average Bonchev–Trinajstić information content (AvgIpc) is 2.17. The molecule has 14 heavy (non-hydrogen) atoms. The van der Waals surface area contributed by atoms with E-state index in [1.807, 2.05) is 37.3 Å². The summed E-state index contributed by atoms with van der Waals surface area (Å²) >= 11 is 0. The van der Waals surface area contributed by atoms with E-state index < -0.39 is 0 Å². The van der Waals surface area contributed by atoms with Crippen molar-refractivity contribution in [2.75, 3.05) is 6.61 Å². The fourth-order valence-electron chi connectivity index (χ4n) is 1.12. The number of ether oxygens (including phenoxy) is 1. The van der Waals surface area contributed by atoms with Crippen molar-refractivity contribution in [1.82, 2.24) is 0 Å². The van der Waals surface area contributed by atoms with Gasteiger partial charge >= 0.3 is 5.97 Å². The van der Waals surface area contributed by atoms with Crippen LogP contribution in [0.1, 0.15) is 18.9 Å². The molecular formula is C11H16O3. The van der Waals surface area contributed by atoms with Gasteiger partial charge in [-0.25, -0.2) is 0 Å². The molecule has 0 aliphatic rings. The van der Waals surface area contributed by atoms with Crippen LogP contribution in [0, 0.1) is 0 Å². The Hall–Kier alpha value is -1.35. The number of rotatable bonds is 4. The van der Waals surface area contributed by atoms with E-state index in [-0.39, 0.29) is 11.4 Å². The molecule has 1 rings (SSSR count). The van der Waals surface area contributed by atoms with Gasteiger partial charge in [0.25, 0.3) is 0 Å². The highest BCUT2D eigenvalue weighted by atomic mass is 16.5. The number of hydrogen-bond donors (Lipinski definition) is 0. The van der Waals surface area contributed by atoms with Crippen LogP contribution in [0.5, 0.6) is 0 Å². The van der Waals surface area contributed by atoms with E-state index in [0.717, 1.165) is 6.42 Å². The summed E-state index contributed by atoms with van der Waals surface area (Å²) in [5.74, 6) is -0.119. The first-order valence-corrected chi connectivity index (χ1v) is 4.52. The molecule has 1 aromatic carbocycles. The molecule has 0 saturated carbocycles. The molecule has 0 radical (unpaired) electrons. The van der Waals surface area contributed by atoms with E-state index >= 15 is 0 Å². The Balaban J connectivity index is 0.00000169. The van der Waals surface area contributed by atoms with Crippen LogP contribution in [0.25, 0.3) is 0 Å². The van der Waals surface area contributed by atoms with E-state index in [1.54, 1.807) is 0 Å². The maximum atomic E-state index is 11.0. The Morgan fingerprint density at radius 3 is 2.50 bits per heavy atom. The molecule has 0 amide bonds. The molecule has 0 fully saturated rings. The molecule has 3 heteroatoms. The first kappa shape index (κ1) is 12.7. The van der Waals surface area contributed by atoms with Gasteiger partial charge in [0.05, 0.1) is 6.61 Å². The zero-order chi connectivity index (χ0) is 9.52. The van der Waals surface area contributed by atoms with E-state index in [4.69, 9.17) is 4.74 Å². The number of benzene rings is 1. The van der Waals surface area contributed by atoms with Crippen molar-refractivity contribution >= 4 is 5.97 Å². The van der Waals surface area contributed by atoms with E-state index in [2.05, 4.69) is 0 Å². The normalized spacial score (nSPS) is 8.93. The van der Waals surface area contributed by atoms with Crippen molar-refractivity contribution in [1.29, 1.82) is 0 Å². The van der Waals surface area contributed by atoms with Crippen LogP contribution in [-0.2, 0) is 16.0 Å². The SMILES string of the molecule is CCOC(=O)CCc1ccccc1.O. The summed E-state index contributed by atoms with van der Waals surface area (Å²) in [6.07, 6.45) is 1.23. The molecule has 0 aliphatic carbocycles. The van der Waals surface area contributed by atoms with Gasteiger partial charge in [0.1, 0.15) is 0 Å². The molecule has 0 bridgehead atoms. The van der Waals surface area contributed by atoms with E-state index in [0.29, 0.717) is 13.0 Å². The summed E-state index contributed by atoms with van der Waals surface area (Å²) < 4.78 is 4.82. The van der Waals surface area contributed by atoms with Crippen molar-refractivity contribution in [2.45, 2.75) is 19.8 Å². The second-order valence-electron chi connectivity index (χ2n) is 2.79. The highest BCUT2D eigenvalue weighted by Gasteiger charge is 2.01. The van der Waals surface area contributed by atoms with Crippen molar-refractivity contribution < 1.29 is 15.0 Å². The average molecular weight is 196 g/mol. The second kappa shape index (κ2) is 7.09. The van der Waals surface area contributed by atoms with Crippen LogP contribution in [0.2, 0.25) is 0 Å². The van der Waals surface area contributed by atoms with Gasteiger partial charge in [-0.3, -0.25) is 4.79 Å². The van der Waals surface area contributed by atoms with Gasteiger partial charge in [-0.05, 0) is 18.9 Å². The van der Waals surface area contributed by atoms with Gasteiger partial charge in [-0.15, -0.1) is 0 Å². The predicted molar refractivity (Wildman–Crippen MR) is 55.0 cm³/mol. The molecule has 0 saturated heterocycles. The molecule has 0 aromatic heterocycles. The Bertz CT molecular complexity index is 256. The highest BCUT2D eigenvalue weighted by molar-refractivity contribution is 5.69. The lowest BCUT2D eigenvalue weighted by atomic mass is 10.1. The molecule has 0 heterocycles. The van der Waals surface area contributed by atoms with Crippen LogP contribution >= 0.6 is 0 Å². The van der Waals surface area contributed by atoms with Crippen LogP contribution in [0.4, 0.5) is 0 Å². The standard InChI is InChI=1S/C11H14O2.H2O/c1-2-13-11(12)9-8-10-6-4-3-5-7-10;/h3-7H,2,8-9H2,1H3;1H2. The summed E-state index contributed by atoms with van der Waals surface area (Å²) in [7, 11) is 0. The van der Waals surface area contributed by atoms with Crippen molar-refractivity contribution in [2.24, 2.45) is 0 Å². The Morgan fingerprint density at radius 2 is 1.93 bits per heavy atom. The first-order valence-electron chi connectivity index (χ1n) is 4.52. The summed E-state index contributed by atoms with van der Waals surface area (Å²) in [6, 6.07) is 9.94. The molecule has 2 N–H and O–H groups in total. The number of aryl methyl sites for hydroxylation is 1. The third-order valence-electron chi connectivity index (χ3n) is 1.77. The van der Waals surface area contributed by atoms with Gasteiger partial charge < -0.3 is 10.2 Å². The zero-order valence-corrected chi connectivity index (χ0v) is 8.32. The molecule has 3 nitrogen and oxygen atoms in total. The van der Waals surface area contributed by atoms with Crippen molar-refractivity contribution in [3.8, 4) is 0 Å². The summed E-state index contributed by atoms with van der Waals surface area (Å²) in [6.45, 7) is 2.29. The van der Waals surface area contributed by atoms with Crippen molar-refractivity contribution in [3.63, 3.8) is 0 Å². The molecule has 0 unspecified atom stereocenters. The Morgan fingerprint density at radius 1 is 1.29 bits per heavy atom. The lowest BCUT2D eigenvalue weighted by molar-refractivity contribution is -0.143. The third kappa shape index (κ3) is 4.62. The van der Waals surface area contributed by atoms with Gasteiger partial charge in [0, 0.05) is 6.42 Å². The van der Waals surface area contributed by atoms with Crippen molar-refractivity contribution in [3.05, 3.63) is 35.9 Å². The minimum Gasteiger partial charge on any atom is -0.466 e. The van der Waals surface area contributed by atoms with Crippen LogP contribution in [-0.4, -0.2) is 18.1 Å². The molecule has 0 atom stereocenters. The highest BCUT2D eigenvalue weighted by Crippen LogP contribution is 2.02. The number of hydrogen-bond acceptors (Lipinski definition) is 2. The maximum absolute atomic E-state index is 11.0. The molecule has 0 spiro atoms. The lowest BCUT2D eigenvalue weighted by Crippen LogP contribution is -2.04.